The number of hydrogen-bond donors (Lipinski definition) is 0. The van der Waals surface area contributed by atoms with Gasteiger partial charge < -0.3 is 4.74 Å². The fraction of sp³-hybridized carbons (Fsp3) is 0.250. The Morgan fingerprint density at radius 1 is 1.73 bits per heavy atom. The lowest BCUT2D eigenvalue weighted by Crippen LogP contribution is -1.93. The van der Waals surface area contributed by atoms with Gasteiger partial charge in [0.2, 0.25) is 0 Å². The molecule has 0 saturated heterocycles. The van der Waals surface area contributed by atoms with Gasteiger partial charge in [0.1, 0.15) is 6.61 Å². The first-order valence-corrected chi connectivity index (χ1v) is 3.29. The van der Waals surface area contributed by atoms with Gasteiger partial charge in [0, 0.05) is 12.4 Å². The smallest absolute Gasteiger partial charge is 0.293 e. The Kier molecular flexibility index (Phi) is 2.60. The molecule has 1 heterocycles. The third-order valence-electron chi connectivity index (χ3n) is 1.44. The van der Waals surface area contributed by atoms with Crippen LogP contribution in [-0.2, 0) is 16.1 Å². The molecule has 0 spiro atoms. The summed E-state index contributed by atoms with van der Waals surface area (Å²) in [6, 6.07) is 1.83. The summed E-state index contributed by atoms with van der Waals surface area (Å²) < 4.78 is 4.59. The molecule has 0 radical (unpaired) electrons. The summed E-state index contributed by atoms with van der Waals surface area (Å²) in [4.78, 5) is 13.8. The van der Waals surface area contributed by atoms with Crippen molar-refractivity contribution in [2.45, 2.75) is 13.5 Å². The minimum absolute atomic E-state index is 0.331. The third-order valence-corrected chi connectivity index (χ3v) is 1.44. The molecule has 0 amide bonds. The van der Waals surface area contributed by atoms with E-state index in [1.807, 2.05) is 13.0 Å². The molecule has 0 aliphatic carbocycles. The highest BCUT2D eigenvalue weighted by atomic mass is 16.5. The van der Waals surface area contributed by atoms with Gasteiger partial charge >= 0.3 is 0 Å². The van der Waals surface area contributed by atoms with Crippen LogP contribution in [0.5, 0.6) is 0 Å². The molecular weight excluding hydrogens is 142 g/mol. The average molecular weight is 151 g/mol. The van der Waals surface area contributed by atoms with E-state index in [1.165, 1.54) is 0 Å². The number of carbonyl (C=O) groups excluding carboxylic acids is 1. The molecule has 0 N–H and O–H groups in total. The number of hydrogen-bond acceptors (Lipinski definition) is 3. The summed E-state index contributed by atoms with van der Waals surface area (Å²) in [6.07, 6.45) is 3.42. The molecule has 0 aliphatic rings. The normalized spacial score (nSPS) is 9.18. The quantitative estimate of drug-likeness (QED) is 0.606. The van der Waals surface area contributed by atoms with E-state index in [-0.39, 0.29) is 0 Å². The van der Waals surface area contributed by atoms with Crippen molar-refractivity contribution in [2.24, 2.45) is 0 Å². The lowest BCUT2D eigenvalue weighted by Gasteiger charge is -2.01. The second-order valence-corrected chi connectivity index (χ2v) is 2.21. The predicted molar refractivity (Wildman–Crippen MR) is 39.8 cm³/mol. The molecule has 58 valence electrons. The lowest BCUT2D eigenvalue weighted by atomic mass is 10.2. The Labute approximate surface area is 65.0 Å². The minimum Gasteiger partial charge on any atom is -0.463 e. The van der Waals surface area contributed by atoms with Crippen LogP contribution >= 0.6 is 0 Å². The number of aromatic nitrogens is 1. The van der Waals surface area contributed by atoms with E-state index in [1.54, 1.807) is 12.4 Å². The molecule has 11 heavy (non-hydrogen) atoms. The molecule has 0 fully saturated rings. The van der Waals surface area contributed by atoms with E-state index in [0.717, 1.165) is 11.1 Å². The van der Waals surface area contributed by atoms with Crippen LogP contribution in [0.25, 0.3) is 0 Å². The lowest BCUT2D eigenvalue weighted by molar-refractivity contribution is -0.129. The number of pyridine rings is 1. The SMILES string of the molecule is Cc1cnccc1COC=O. The summed E-state index contributed by atoms with van der Waals surface area (Å²) in [7, 11) is 0. The standard InChI is InChI=1S/C8H9NO2/c1-7-4-9-3-2-8(7)5-11-6-10/h2-4,6H,5H2,1H3. The maximum Gasteiger partial charge on any atom is 0.293 e. The molecule has 1 aromatic rings. The van der Waals surface area contributed by atoms with E-state index < -0.39 is 0 Å². The van der Waals surface area contributed by atoms with Gasteiger partial charge in [0.25, 0.3) is 6.47 Å². The molecule has 0 unspecified atom stereocenters. The van der Waals surface area contributed by atoms with Crippen LogP contribution in [0.2, 0.25) is 0 Å². The fourth-order valence-electron chi connectivity index (χ4n) is 0.788. The van der Waals surface area contributed by atoms with E-state index >= 15 is 0 Å². The Hall–Kier alpha value is -1.38. The zero-order chi connectivity index (χ0) is 8.10. The zero-order valence-corrected chi connectivity index (χ0v) is 6.28. The average Bonchev–Trinajstić information content (AvgIpc) is 2.03. The molecular formula is C8H9NO2. The molecule has 1 aromatic heterocycles. The van der Waals surface area contributed by atoms with Gasteiger partial charge in [-0.15, -0.1) is 0 Å². The van der Waals surface area contributed by atoms with E-state index in [9.17, 15) is 4.79 Å². The number of carbonyl (C=O) groups is 1. The van der Waals surface area contributed by atoms with E-state index in [4.69, 9.17) is 0 Å². The summed E-state index contributed by atoms with van der Waals surface area (Å²) in [5.41, 5.74) is 2.03. The van der Waals surface area contributed by atoms with Gasteiger partial charge in [-0.25, -0.2) is 0 Å². The Bertz CT molecular complexity index is 248. The van der Waals surface area contributed by atoms with Gasteiger partial charge in [-0.3, -0.25) is 9.78 Å². The second kappa shape index (κ2) is 3.71. The van der Waals surface area contributed by atoms with Crippen LogP contribution in [0.15, 0.2) is 18.5 Å². The van der Waals surface area contributed by atoms with Gasteiger partial charge in [-0.05, 0) is 24.1 Å². The maximum atomic E-state index is 9.85. The highest BCUT2D eigenvalue weighted by Crippen LogP contribution is 2.05. The van der Waals surface area contributed by atoms with Crippen molar-refractivity contribution in [1.82, 2.24) is 4.98 Å². The molecule has 0 bridgehead atoms. The zero-order valence-electron chi connectivity index (χ0n) is 6.28. The number of nitrogens with zero attached hydrogens (tertiary/aromatic N) is 1. The largest absolute Gasteiger partial charge is 0.463 e. The van der Waals surface area contributed by atoms with Gasteiger partial charge in [0.05, 0.1) is 0 Å². The molecule has 0 aromatic carbocycles. The van der Waals surface area contributed by atoms with Crippen molar-refractivity contribution in [3.63, 3.8) is 0 Å². The van der Waals surface area contributed by atoms with Crippen molar-refractivity contribution in [2.75, 3.05) is 0 Å². The molecule has 1 rings (SSSR count). The first kappa shape index (κ1) is 7.72. The van der Waals surface area contributed by atoms with Gasteiger partial charge in [-0.2, -0.15) is 0 Å². The topological polar surface area (TPSA) is 39.2 Å². The van der Waals surface area contributed by atoms with Crippen molar-refractivity contribution < 1.29 is 9.53 Å². The van der Waals surface area contributed by atoms with Crippen LogP contribution in [0.3, 0.4) is 0 Å². The van der Waals surface area contributed by atoms with Crippen LogP contribution in [0.1, 0.15) is 11.1 Å². The Balaban J connectivity index is 2.69. The summed E-state index contributed by atoms with van der Waals surface area (Å²) in [5, 5.41) is 0. The minimum atomic E-state index is 0.331. The Morgan fingerprint density at radius 2 is 2.55 bits per heavy atom. The number of ether oxygens (including phenoxy) is 1. The van der Waals surface area contributed by atoms with Gasteiger partial charge in [-0.1, -0.05) is 0 Å². The van der Waals surface area contributed by atoms with Crippen LogP contribution in [-0.4, -0.2) is 11.5 Å². The summed E-state index contributed by atoms with van der Waals surface area (Å²) in [6.45, 7) is 2.70. The predicted octanol–water partition coefficient (Wildman–Crippen LogP) is 1.06. The van der Waals surface area contributed by atoms with Crippen LogP contribution in [0, 0.1) is 6.92 Å². The molecule has 3 heteroatoms. The number of aryl methyl sites for hydroxylation is 1. The van der Waals surface area contributed by atoms with Crippen molar-refractivity contribution in [3.05, 3.63) is 29.6 Å². The van der Waals surface area contributed by atoms with Crippen molar-refractivity contribution >= 4 is 6.47 Å². The molecule has 0 aliphatic heterocycles. The first-order valence-electron chi connectivity index (χ1n) is 3.29. The van der Waals surface area contributed by atoms with Gasteiger partial charge in [0.15, 0.2) is 0 Å². The molecule has 3 nitrogen and oxygen atoms in total. The summed E-state index contributed by atoms with van der Waals surface area (Å²) >= 11 is 0. The highest BCUT2D eigenvalue weighted by molar-refractivity contribution is 5.37. The maximum absolute atomic E-state index is 9.85. The third kappa shape index (κ3) is 2.04. The highest BCUT2D eigenvalue weighted by Gasteiger charge is 1.95. The Morgan fingerprint density at radius 3 is 3.18 bits per heavy atom. The van der Waals surface area contributed by atoms with Crippen LogP contribution < -0.4 is 0 Å². The van der Waals surface area contributed by atoms with Crippen molar-refractivity contribution in [3.8, 4) is 0 Å². The van der Waals surface area contributed by atoms with E-state index in [2.05, 4.69) is 9.72 Å². The molecule has 0 atom stereocenters. The van der Waals surface area contributed by atoms with Crippen LogP contribution in [0.4, 0.5) is 0 Å². The summed E-state index contributed by atoms with van der Waals surface area (Å²) in [5.74, 6) is 0. The fourth-order valence-corrected chi connectivity index (χ4v) is 0.788. The van der Waals surface area contributed by atoms with Crippen molar-refractivity contribution in [1.29, 1.82) is 0 Å². The molecule has 0 saturated carbocycles. The first-order chi connectivity index (χ1) is 5.34. The number of rotatable bonds is 3. The van der Waals surface area contributed by atoms with E-state index in [0.29, 0.717) is 13.1 Å². The second-order valence-electron chi connectivity index (χ2n) is 2.21. The monoisotopic (exact) mass is 151 g/mol.